The molecule has 34 heavy (non-hydrogen) atoms. The van der Waals surface area contributed by atoms with Crippen LogP contribution in [0.4, 0.5) is 18.9 Å². The lowest BCUT2D eigenvalue weighted by Crippen LogP contribution is -2.34. The van der Waals surface area contributed by atoms with Gasteiger partial charge < -0.3 is 10.4 Å². The normalized spacial score (nSPS) is 14.7. The number of carbonyl (C=O) groups is 2. The number of aliphatic carboxylic acids is 1. The molecule has 184 valence electrons. The van der Waals surface area contributed by atoms with E-state index in [1.807, 2.05) is 20.8 Å². The number of benzene rings is 2. The van der Waals surface area contributed by atoms with Crippen molar-refractivity contribution in [3.8, 4) is 0 Å². The lowest BCUT2D eigenvalue weighted by molar-refractivity contribution is -0.178. The van der Waals surface area contributed by atoms with Crippen LogP contribution in [0, 0.1) is 17.3 Å². The molecule has 2 N–H and O–H groups in total. The number of hydrogen-bond donors (Lipinski definition) is 2. The van der Waals surface area contributed by atoms with Crippen LogP contribution in [-0.4, -0.2) is 23.2 Å². The summed E-state index contributed by atoms with van der Waals surface area (Å²) in [5, 5.41) is 12.3. The third-order valence-corrected chi connectivity index (χ3v) is 6.23. The monoisotopic (exact) mass is 495 g/mol. The SMILES string of the molecule is C=Cc1ccc([C@@H](C(=O)Nc2cc(CC(C(=O)O)C(C)(C)C)ccc2Cl)[C@@H](C)C(F)(F)F)cc1. The van der Waals surface area contributed by atoms with Gasteiger partial charge in [0.15, 0.2) is 0 Å². The highest BCUT2D eigenvalue weighted by Crippen LogP contribution is 2.39. The van der Waals surface area contributed by atoms with E-state index in [1.54, 1.807) is 24.3 Å². The third kappa shape index (κ3) is 6.86. The van der Waals surface area contributed by atoms with E-state index >= 15 is 0 Å². The Hall–Kier alpha value is -2.80. The van der Waals surface area contributed by atoms with Gasteiger partial charge in [0.25, 0.3) is 0 Å². The first kappa shape index (κ1) is 27.4. The van der Waals surface area contributed by atoms with Gasteiger partial charge in [-0.25, -0.2) is 0 Å². The third-order valence-electron chi connectivity index (χ3n) is 5.90. The second-order valence-corrected chi connectivity index (χ2v) is 9.85. The molecule has 2 aromatic carbocycles. The Kier molecular flexibility index (Phi) is 8.59. The summed E-state index contributed by atoms with van der Waals surface area (Å²) >= 11 is 6.22. The van der Waals surface area contributed by atoms with Crippen molar-refractivity contribution in [1.29, 1.82) is 0 Å². The molecule has 0 heterocycles. The van der Waals surface area contributed by atoms with Crippen molar-refractivity contribution in [3.05, 3.63) is 70.8 Å². The molecule has 0 aliphatic carbocycles. The first-order valence-corrected chi connectivity index (χ1v) is 11.1. The largest absolute Gasteiger partial charge is 0.481 e. The summed E-state index contributed by atoms with van der Waals surface area (Å²) in [4.78, 5) is 24.9. The van der Waals surface area contributed by atoms with Crippen molar-refractivity contribution in [2.45, 2.75) is 46.2 Å². The zero-order valence-electron chi connectivity index (χ0n) is 19.5. The minimum Gasteiger partial charge on any atom is -0.481 e. The summed E-state index contributed by atoms with van der Waals surface area (Å²) in [7, 11) is 0. The topological polar surface area (TPSA) is 66.4 Å². The Morgan fingerprint density at radius 2 is 1.71 bits per heavy atom. The van der Waals surface area contributed by atoms with Crippen molar-refractivity contribution < 1.29 is 27.9 Å². The number of anilines is 1. The Morgan fingerprint density at radius 3 is 2.18 bits per heavy atom. The lowest BCUT2D eigenvalue weighted by atomic mass is 9.77. The number of nitrogens with one attached hydrogen (secondary N) is 1. The number of carboxylic acids is 1. The average molecular weight is 496 g/mol. The average Bonchev–Trinajstić information content (AvgIpc) is 2.73. The fourth-order valence-corrected chi connectivity index (χ4v) is 3.87. The van der Waals surface area contributed by atoms with Crippen LogP contribution in [-0.2, 0) is 16.0 Å². The summed E-state index contributed by atoms with van der Waals surface area (Å²) in [5.41, 5.74) is 1.12. The molecular weight excluding hydrogens is 467 g/mol. The van der Waals surface area contributed by atoms with E-state index in [-0.39, 0.29) is 22.7 Å². The minimum atomic E-state index is -4.60. The van der Waals surface area contributed by atoms with Gasteiger partial charge in [0.05, 0.1) is 28.5 Å². The standard InChI is InChI=1S/C26H29ClF3NO3/c1-6-16-7-10-18(11-8-16)22(15(2)26(28,29)30)23(32)31-21-14-17(9-12-20(21)27)13-19(24(33)34)25(3,4)5/h6-12,14-15,19,22H,1,13H2,2-5H3,(H,31,32)(H,33,34)/t15-,19?,22+/m1/s1. The van der Waals surface area contributed by atoms with Gasteiger partial charge in [-0.2, -0.15) is 13.2 Å². The zero-order valence-corrected chi connectivity index (χ0v) is 20.3. The van der Waals surface area contributed by atoms with Crippen molar-refractivity contribution in [2.75, 3.05) is 5.32 Å². The van der Waals surface area contributed by atoms with Gasteiger partial charge in [0.1, 0.15) is 0 Å². The van der Waals surface area contributed by atoms with Crippen LogP contribution in [0.15, 0.2) is 49.0 Å². The molecule has 0 aliphatic heterocycles. The Bertz CT molecular complexity index is 1040. The molecular formula is C26H29ClF3NO3. The summed E-state index contributed by atoms with van der Waals surface area (Å²) in [6, 6.07) is 10.8. The van der Waals surface area contributed by atoms with Gasteiger partial charge in [-0.05, 0) is 40.7 Å². The van der Waals surface area contributed by atoms with E-state index in [4.69, 9.17) is 11.6 Å². The number of carbonyl (C=O) groups excluding carboxylic acids is 1. The molecule has 0 spiro atoms. The number of amides is 1. The van der Waals surface area contributed by atoms with Crippen LogP contribution in [0.25, 0.3) is 6.08 Å². The fourth-order valence-electron chi connectivity index (χ4n) is 3.70. The maximum absolute atomic E-state index is 13.6. The number of hydrogen-bond acceptors (Lipinski definition) is 2. The van der Waals surface area contributed by atoms with Gasteiger partial charge in [0, 0.05) is 0 Å². The first-order valence-electron chi connectivity index (χ1n) is 10.8. The molecule has 2 aromatic rings. The van der Waals surface area contributed by atoms with E-state index in [1.165, 1.54) is 24.3 Å². The van der Waals surface area contributed by atoms with E-state index in [0.29, 0.717) is 11.1 Å². The van der Waals surface area contributed by atoms with Crippen LogP contribution >= 0.6 is 11.6 Å². The second-order valence-electron chi connectivity index (χ2n) is 9.44. The molecule has 8 heteroatoms. The zero-order chi connectivity index (χ0) is 25.8. The highest BCUT2D eigenvalue weighted by molar-refractivity contribution is 6.33. The molecule has 1 unspecified atom stereocenters. The molecule has 4 nitrogen and oxygen atoms in total. The van der Waals surface area contributed by atoms with Crippen molar-refractivity contribution >= 4 is 35.2 Å². The van der Waals surface area contributed by atoms with Crippen LogP contribution in [0.3, 0.4) is 0 Å². The van der Waals surface area contributed by atoms with Gasteiger partial charge in [0.2, 0.25) is 5.91 Å². The number of alkyl halides is 3. The van der Waals surface area contributed by atoms with Gasteiger partial charge in [-0.15, -0.1) is 0 Å². The highest BCUT2D eigenvalue weighted by Gasteiger charge is 2.45. The number of rotatable bonds is 8. The van der Waals surface area contributed by atoms with Crippen LogP contribution in [0.1, 0.15) is 50.3 Å². The van der Waals surface area contributed by atoms with Gasteiger partial charge >= 0.3 is 12.1 Å². The van der Waals surface area contributed by atoms with E-state index in [2.05, 4.69) is 11.9 Å². The molecule has 0 aliphatic rings. The van der Waals surface area contributed by atoms with Gasteiger partial charge in [-0.3, -0.25) is 9.59 Å². The predicted octanol–water partition coefficient (Wildman–Crippen LogP) is 7.19. The summed E-state index contributed by atoms with van der Waals surface area (Å²) in [6.45, 7) is 10.0. The van der Waals surface area contributed by atoms with E-state index in [0.717, 1.165) is 6.92 Å². The van der Waals surface area contributed by atoms with Crippen LogP contribution in [0.2, 0.25) is 5.02 Å². The first-order chi connectivity index (χ1) is 15.6. The van der Waals surface area contributed by atoms with Gasteiger partial charge in [-0.1, -0.05) is 82.3 Å². The summed E-state index contributed by atoms with van der Waals surface area (Å²) < 4.78 is 40.9. The minimum absolute atomic E-state index is 0.129. The maximum atomic E-state index is 13.6. The number of halogens is 4. The van der Waals surface area contributed by atoms with Crippen molar-refractivity contribution in [2.24, 2.45) is 17.3 Å². The van der Waals surface area contributed by atoms with Crippen LogP contribution < -0.4 is 5.32 Å². The Morgan fingerprint density at radius 1 is 1.12 bits per heavy atom. The van der Waals surface area contributed by atoms with Crippen LogP contribution in [0.5, 0.6) is 0 Å². The van der Waals surface area contributed by atoms with E-state index in [9.17, 15) is 27.9 Å². The molecule has 2 rings (SSSR count). The molecule has 3 atom stereocenters. The lowest BCUT2D eigenvalue weighted by Gasteiger charge is -2.28. The highest BCUT2D eigenvalue weighted by atomic mass is 35.5. The molecule has 0 aromatic heterocycles. The predicted molar refractivity (Wildman–Crippen MR) is 129 cm³/mol. The molecule has 1 amide bonds. The molecule has 0 fully saturated rings. The smallest absolute Gasteiger partial charge is 0.392 e. The fraction of sp³-hybridized carbons (Fsp3) is 0.385. The summed E-state index contributed by atoms with van der Waals surface area (Å²) in [5.74, 6) is -6.00. The Labute approximate surface area is 202 Å². The van der Waals surface area contributed by atoms with Crippen molar-refractivity contribution in [1.82, 2.24) is 0 Å². The summed E-state index contributed by atoms with van der Waals surface area (Å²) in [6.07, 6.45) is -2.88. The molecule has 0 radical (unpaired) electrons. The number of carboxylic acid groups (broad SMARTS) is 1. The molecule has 0 saturated heterocycles. The van der Waals surface area contributed by atoms with E-state index < -0.39 is 41.2 Å². The molecule has 0 bridgehead atoms. The second kappa shape index (κ2) is 10.6. The quantitative estimate of drug-likeness (QED) is 0.407. The maximum Gasteiger partial charge on any atom is 0.392 e. The Balaban J connectivity index is 2.39. The molecule has 0 saturated carbocycles. The van der Waals surface area contributed by atoms with Crippen molar-refractivity contribution in [3.63, 3.8) is 0 Å².